The number of hydrogen-bond donors (Lipinski definition) is 6. The van der Waals surface area contributed by atoms with Gasteiger partial charge < -0.3 is 40.1 Å². The molecule has 1 heterocycles. The van der Waals surface area contributed by atoms with Crippen molar-refractivity contribution in [3.05, 3.63) is 24.3 Å². The van der Waals surface area contributed by atoms with E-state index in [0.29, 0.717) is 0 Å². The zero-order valence-corrected chi connectivity index (χ0v) is 9.96. The van der Waals surface area contributed by atoms with E-state index < -0.39 is 35.0 Å². The van der Waals surface area contributed by atoms with E-state index in [-0.39, 0.29) is 11.5 Å². The van der Waals surface area contributed by atoms with E-state index in [1.54, 1.807) is 0 Å². The largest absolute Gasteiger partial charge is 0.508 e. The molecule has 1 aliphatic heterocycles. The van der Waals surface area contributed by atoms with Gasteiger partial charge in [-0.2, -0.15) is 0 Å². The van der Waals surface area contributed by atoms with Gasteiger partial charge in [-0.3, -0.25) is 0 Å². The zero-order chi connectivity index (χ0) is 14.6. The molecule has 6 atom stereocenters. The molecule has 1 saturated heterocycles. The summed E-state index contributed by atoms with van der Waals surface area (Å²) in [4.78, 5) is 0. The number of rotatable bonds is 2. The molecule has 4 unspecified atom stereocenters. The molecule has 3 aliphatic rings. The van der Waals surface area contributed by atoms with Gasteiger partial charge in [-0.15, -0.1) is 0 Å². The predicted octanol–water partition coefficient (Wildman–Crippen LogP) is -2.60. The number of fused-ring (bicyclic) bond motifs is 1. The van der Waals surface area contributed by atoms with Crippen LogP contribution >= 0.6 is 0 Å². The van der Waals surface area contributed by atoms with Crippen molar-refractivity contribution in [1.29, 1.82) is 0 Å². The highest BCUT2D eigenvalue weighted by atomic mass is 16.8. The van der Waals surface area contributed by atoms with Gasteiger partial charge in [0.05, 0.1) is 0 Å². The molecule has 108 valence electrons. The van der Waals surface area contributed by atoms with Crippen LogP contribution in [0.1, 0.15) is 0 Å². The normalized spacial score (nSPS) is 55.0. The highest BCUT2D eigenvalue weighted by Gasteiger charge is 3.14. The summed E-state index contributed by atoms with van der Waals surface area (Å²) in [6.45, 7) is 0. The topological polar surface area (TPSA) is 140 Å². The number of hydrogen-bond acceptors (Lipinski definition) is 8. The Morgan fingerprint density at radius 1 is 1.00 bits per heavy atom. The lowest BCUT2D eigenvalue weighted by molar-refractivity contribution is -0.415. The molecule has 8 heteroatoms. The lowest BCUT2D eigenvalue weighted by Crippen LogP contribution is -2.75. The predicted molar refractivity (Wildman–Crippen MR) is 59.4 cm³/mol. The minimum atomic E-state index is -2.47. The molecule has 0 radical (unpaired) electrons. The van der Waals surface area contributed by atoms with E-state index in [1.807, 2.05) is 0 Å². The molecular weight excluding hydrogens is 272 g/mol. The van der Waals surface area contributed by atoms with Crippen LogP contribution in [0.4, 0.5) is 0 Å². The Bertz CT molecular complexity index is 592. The SMILES string of the molecule is Oc1ccc(O[C@H]2OC3(O)[C@H](O)C4(O)C2(O)C34O)cc1. The van der Waals surface area contributed by atoms with Crippen molar-refractivity contribution in [3.8, 4) is 11.5 Å². The number of phenols is 1. The number of aliphatic hydroxyl groups excluding tert-OH is 1. The van der Waals surface area contributed by atoms with Crippen LogP contribution in [0, 0.1) is 0 Å². The summed E-state index contributed by atoms with van der Waals surface area (Å²) in [5, 5.41) is 59.1. The molecule has 0 bridgehead atoms. The van der Waals surface area contributed by atoms with Crippen LogP contribution in [0.3, 0.4) is 0 Å². The van der Waals surface area contributed by atoms with Gasteiger partial charge in [0, 0.05) is 0 Å². The molecule has 0 aromatic heterocycles. The molecule has 1 aromatic carbocycles. The lowest BCUT2D eigenvalue weighted by Gasteiger charge is -2.48. The minimum Gasteiger partial charge on any atom is -0.508 e. The van der Waals surface area contributed by atoms with Crippen molar-refractivity contribution in [2.45, 2.75) is 35.0 Å². The third-order valence-corrected chi connectivity index (χ3v) is 4.61. The molecule has 4 rings (SSSR count). The summed E-state index contributed by atoms with van der Waals surface area (Å²) in [5.41, 5.74) is -6.99. The molecule has 1 aromatic rings. The van der Waals surface area contributed by atoms with Gasteiger partial charge in [0.2, 0.25) is 12.1 Å². The first-order chi connectivity index (χ1) is 9.23. The van der Waals surface area contributed by atoms with E-state index >= 15 is 0 Å². The number of phenolic OH excluding ortho intramolecular Hbond substituents is 1. The Balaban J connectivity index is 1.66. The molecule has 8 nitrogen and oxygen atoms in total. The summed E-state index contributed by atoms with van der Waals surface area (Å²) in [7, 11) is 0. The molecule has 0 amide bonds. The maximum absolute atomic E-state index is 10.3. The summed E-state index contributed by atoms with van der Waals surface area (Å²) in [6.07, 6.45) is -3.39. The second kappa shape index (κ2) is 2.93. The van der Waals surface area contributed by atoms with Crippen molar-refractivity contribution in [1.82, 2.24) is 0 Å². The van der Waals surface area contributed by atoms with Crippen molar-refractivity contribution in [3.63, 3.8) is 0 Å². The van der Waals surface area contributed by atoms with Gasteiger partial charge in [-0.1, -0.05) is 0 Å². The smallest absolute Gasteiger partial charge is 0.238 e. The fourth-order valence-electron chi connectivity index (χ4n) is 3.42. The Labute approximate surface area is 112 Å². The van der Waals surface area contributed by atoms with E-state index in [1.165, 1.54) is 24.3 Å². The van der Waals surface area contributed by atoms with E-state index in [0.717, 1.165) is 0 Å². The average molecular weight is 284 g/mol. The maximum Gasteiger partial charge on any atom is 0.238 e. The second-order valence-corrected chi connectivity index (χ2v) is 5.40. The van der Waals surface area contributed by atoms with Crippen molar-refractivity contribution >= 4 is 0 Å². The van der Waals surface area contributed by atoms with Crippen LogP contribution < -0.4 is 4.74 Å². The first-order valence-electron chi connectivity index (χ1n) is 5.94. The molecule has 3 fully saturated rings. The molecule has 20 heavy (non-hydrogen) atoms. The van der Waals surface area contributed by atoms with Crippen LogP contribution in [0.15, 0.2) is 24.3 Å². The summed E-state index contributed by atoms with van der Waals surface area (Å²) in [5.74, 6) is -2.29. The summed E-state index contributed by atoms with van der Waals surface area (Å²) in [6, 6.07) is 5.40. The number of aromatic hydroxyl groups is 1. The van der Waals surface area contributed by atoms with Gasteiger partial charge >= 0.3 is 0 Å². The van der Waals surface area contributed by atoms with Gasteiger partial charge in [0.25, 0.3) is 0 Å². The van der Waals surface area contributed by atoms with Crippen molar-refractivity contribution in [2.75, 3.05) is 0 Å². The van der Waals surface area contributed by atoms with Crippen LogP contribution in [-0.2, 0) is 4.74 Å². The fourth-order valence-corrected chi connectivity index (χ4v) is 3.42. The van der Waals surface area contributed by atoms with Crippen LogP contribution in [0.5, 0.6) is 11.5 Å². The molecule has 2 saturated carbocycles. The zero-order valence-electron chi connectivity index (χ0n) is 9.96. The Kier molecular flexibility index (Phi) is 1.81. The molecule has 6 N–H and O–H groups in total. The fraction of sp³-hybridized carbons (Fsp3) is 0.500. The number of ether oxygens (including phenoxy) is 2. The highest BCUT2D eigenvalue weighted by Crippen LogP contribution is 2.81. The van der Waals surface area contributed by atoms with E-state index in [4.69, 9.17) is 14.6 Å². The number of benzene rings is 1. The Morgan fingerprint density at radius 2 is 1.60 bits per heavy atom. The average Bonchev–Trinajstić information content (AvgIpc) is 2.72. The van der Waals surface area contributed by atoms with Crippen molar-refractivity contribution < 1.29 is 40.1 Å². The Hall–Kier alpha value is -1.42. The molecule has 0 spiro atoms. The molecular formula is C12H12O8. The minimum absolute atomic E-state index is 0.00172. The second-order valence-electron chi connectivity index (χ2n) is 5.40. The first kappa shape index (κ1) is 12.3. The standard InChI is InChI=1S/C12H12O8/c13-5-1-3-6(4-2-5)19-8-10(16)9(15)7(14)11(17,20-8)12(9,10)18/h1-4,7-8,13-18H/t7-,8+,9?,10?,11?,12?/m1/s1. The highest BCUT2D eigenvalue weighted by molar-refractivity contribution is 5.58. The third kappa shape index (κ3) is 0.831. The lowest BCUT2D eigenvalue weighted by atomic mass is 9.80. The van der Waals surface area contributed by atoms with Crippen LogP contribution in [0.2, 0.25) is 0 Å². The van der Waals surface area contributed by atoms with Gasteiger partial charge in [-0.05, 0) is 24.3 Å². The van der Waals surface area contributed by atoms with Gasteiger partial charge in [-0.25, -0.2) is 0 Å². The monoisotopic (exact) mass is 284 g/mol. The van der Waals surface area contributed by atoms with Crippen LogP contribution in [0.25, 0.3) is 0 Å². The maximum atomic E-state index is 10.3. The first-order valence-corrected chi connectivity index (χ1v) is 5.94. The summed E-state index contributed by atoms with van der Waals surface area (Å²) < 4.78 is 10.2. The van der Waals surface area contributed by atoms with Gasteiger partial charge in [0.1, 0.15) is 17.6 Å². The third-order valence-electron chi connectivity index (χ3n) is 4.61. The molecule has 2 aliphatic carbocycles. The van der Waals surface area contributed by atoms with Gasteiger partial charge in [0.15, 0.2) is 16.8 Å². The summed E-state index contributed by atoms with van der Waals surface area (Å²) >= 11 is 0. The number of aliphatic hydroxyl groups is 5. The van der Waals surface area contributed by atoms with E-state index in [2.05, 4.69) is 0 Å². The quantitative estimate of drug-likeness (QED) is 0.347. The van der Waals surface area contributed by atoms with Crippen LogP contribution in [-0.4, -0.2) is 65.6 Å². The van der Waals surface area contributed by atoms with Crippen molar-refractivity contribution in [2.24, 2.45) is 0 Å². The Morgan fingerprint density at radius 3 is 2.10 bits per heavy atom. The van der Waals surface area contributed by atoms with E-state index in [9.17, 15) is 25.5 Å².